The van der Waals surface area contributed by atoms with E-state index in [1.807, 2.05) is 20.8 Å². The van der Waals surface area contributed by atoms with Gasteiger partial charge in [0.05, 0.1) is 6.61 Å². The summed E-state index contributed by atoms with van der Waals surface area (Å²) in [7, 11) is 0. The highest BCUT2D eigenvalue weighted by molar-refractivity contribution is 5.94. The average Bonchev–Trinajstić information content (AvgIpc) is 2.97. The molecule has 6 nitrogen and oxygen atoms in total. The number of hydrogen-bond donors (Lipinski definition) is 1. The lowest BCUT2D eigenvalue weighted by atomic mass is 9.95. The fraction of sp³-hybridized carbons (Fsp3) is 0.353. The third kappa shape index (κ3) is 4.18. The molecule has 0 fully saturated rings. The highest BCUT2D eigenvalue weighted by Crippen LogP contribution is 2.24. The van der Waals surface area contributed by atoms with Crippen LogP contribution in [0.25, 0.3) is 11.3 Å². The lowest BCUT2D eigenvalue weighted by Crippen LogP contribution is -2.27. The van der Waals surface area contributed by atoms with Crippen LogP contribution in [0.15, 0.2) is 34.9 Å². The van der Waals surface area contributed by atoms with Gasteiger partial charge in [-0.25, -0.2) is 4.79 Å². The summed E-state index contributed by atoms with van der Waals surface area (Å²) in [5, 5.41) is 6.54. The molecule has 2 rings (SSSR count). The molecule has 1 aromatic heterocycles. The second kappa shape index (κ2) is 6.64. The molecule has 6 heteroatoms. The first-order chi connectivity index (χ1) is 10.8. The van der Waals surface area contributed by atoms with Crippen LogP contribution in [-0.2, 0) is 9.53 Å². The minimum Gasteiger partial charge on any atom is -0.461 e. The lowest BCUT2D eigenvalue weighted by Gasteiger charge is -2.17. The number of carbonyl (C=O) groups excluding carboxylic acids is 2. The molecule has 0 unspecified atom stereocenters. The monoisotopic (exact) mass is 316 g/mol. The molecule has 0 spiro atoms. The summed E-state index contributed by atoms with van der Waals surface area (Å²) in [5.74, 6) is -0.118. The molecule has 0 radical (unpaired) electrons. The summed E-state index contributed by atoms with van der Waals surface area (Å²) in [5.41, 5.74) is 1.12. The maximum absolute atomic E-state index is 11.9. The molecule has 1 aromatic carbocycles. The van der Waals surface area contributed by atoms with Gasteiger partial charge in [-0.1, -0.05) is 25.9 Å². The van der Waals surface area contributed by atoms with Gasteiger partial charge in [0.1, 0.15) is 0 Å². The topological polar surface area (TPSA) is 81.4 Å². The molecule has 122 valence electrons. The Kier molecular flexibility index (Phi) is 4.83. The van der Waals surface area contributed by atoms with Crippen molar-refractivity contribution in [1.82, 2.24) is 5.16 Å². The van der Waals surface area contributed by atoms with Gasteiger partial charge in [-0.15, -0.1) is 0 Å². The number of ether oxygens (including phenoxy) is 1. The first-order valence-corrected chi connectivity index (χ1v) is 7.37. The highest BCUT2D eigenvalue weighted by atomic mass is 16.5. The molecule has 23 heavy (non-hydrogen) atoms. The highest BCUT2D eigenvalue weighted by Gasteiger charge is 2.21. The summed E-state index contributed by atoms with van der Waals surface area (Å²) in [6.07, 6.45) is 0. The van der Waals surface area contributed by atoms with E-state index in [4.69, 9.17) is 9.26 Å². The molecule has 0 aliphatic carbocycles. The number of hydrogen-bond acceptors (Lipinski definition) is 5. The molecule has 2 aromatic rings. The maximum atomic E-state index is 11.9. The number of benzene rings is 1. The first kappa shape index (κ1) is 16.7. The molecule has 0 aliphatic rings. The van der Waals surface area contributed by atoms with Crippen molar-refractivity contribution in [2.24, 2.45) is 5.41 Å². The second-order valence-electron chi connectivity index (χ2n) is 6.08. The molecular weight excluding hydrogens is 296 g/mol. The average molecular weight is 316 g/mol. The minimum absolute atomic E-state index is 0.0606. The van der Waals surface area contributed by atoms with Crippen molar-refractivity contribution >= 4 is 17.6 Å². The molecule has 0 bridgehead atoms. The van der Waals surface area contributed by atoms with E-state index in [1.54, 1.807) is 31.2 Å². The van der Waals surface area contributed by atoms with Gasteiger partial charge in [0.25, 0.3) is 0 Å². The third-order valence-electron chi connectivity index (χ3n) is 3.10. The number of nitrogens with zero attached hydrogens (tertiary/aromatic N) is 1. The van der Waals surface area contributed by atoms with Crippen molar-refractivity contribution in [1.29, 1.82) is 0 Å². The van der Waals surface area contributed by atoms with Gasteiger partial charge in [0, 0.05) is 22.7 Å². The van der Waals surface area contributed by atoms with Crippen molar-refractivity contribution < 1.29 is 18.8 Å². The quantitative estimate of drug-likeness (QED) is 0.873. The molecular formula is C17H20N2O4. The van der Waals surface area contributed by atoms with Gasteiger partial charge in [-0.3, -0.25) is 4.79 Å². The Morgan fingerprint density at radius 3 is 2.43 bits per heavy atom. The van der Waals surface area contributed by atoms with Crippen LogP contribution >= 0.6 is 0 Å². The van der Waals surface area contributed by atoms with E-state index < -0.39 is 11.4 Å². The summed E-state index contributed by atoms with van der Waals surface area (Å²) in [4.78, 5) is 23.5. The molecule has 0 atom stereocenters. The van der Waals surface area contributed by atoms with Crippen LogP contribution in [-0.4, -0.2) is 23.6 Å². The van der Waals surface area contributed by atoms with Gasteiger partial charge < -0.3 is 14.6 Å². The van der Waals surface area contributed by atoms with Gasteiger partial charge in [0.2, 0.25) is 5.91 Å². The summed E-state index contributed by atoms with van der Waals surface area (Å²) in [6.45, 7) is 7.55. The van der Waals surface area contributed by atoms with Gasteiger partial charge in [-0.05, 0) is 31.2 Å². The van der Waals surface area contributed by atoms with Gasteiger partial charge in [0.15, 0.2) is 11.5 Å². The zero-order valence-corrected chi connectivity index (χ0v) is 13.7. The molecule has 1 N–H and O–H groups in total. The van der Waals surface area contributed by atoms with Gasteiger partial charge >= 0.3 is 5.97 Å². The van der Waals surface area contributed by atoms with Crippen molar-refractivity contribution in [3.8, 4) is 11.3 Å². The summed E-state index contributed by atoms with van der Waals surface area (Å²) in [6, 6.07) is 8.64. The lowest BCUT2D eigenvalue weighted by molar-refractivity contribution is -0.123. The molecule has 1 amide bonds. The minimum atomic E-state index is -0.517. The number of amides is 1. The predicted molar refractivity (Wildman–Crippen MR) is 86.0 cm³/mol. The zero-order chi connectivity index (χ0) is 17.0. The maximum Gasteiger partial charge on any atom is 0.360 e. The van der Waals surface area contributed by atoms with E-state index in [9.17, 15) is 9.59 Å². The Morgan fingerprint density at radius 2 is 1.87 bits per heavy atom. The largest absolute Gasteiger partial charge is 0.461 e. The van der Waals surface area contributed by atoms with Crippen molar-refractivity contribution in [3.63, 3.8) is 0 Å². The first-order valence-electron chi connectivity index (χ1n) is 7.37. The number of nitrogens with one attached hydrogen (secondary N) is 1. The summed E-state index contributed by atoms with van der Waals surface area (Å²) < 4.78 is 10.0. The molecule has 0 aliphatic heterocycles. The van der Waals surface area contributed by atoms with Gasteiger partial charge in [-0.2, -0.15) is 0 Å². The van der Waals surface area contributed by atoms with E-state index in [1.165, 1.54) is 6.07 Å². The van der Waals surface area contributed by atoms with Crippen molar-refractivity contribution in [3.05, 3.63) is 36.0 Å². The summed E-state index contributed by atoms with van der Waals surface area (Å²) >= 11 is 0. The Labute approximate surface area is 134 Å². The number of aromatic nitrogens is 1. The smallest absolute Gasteiger partial charge is 0.360 e. The fourth-order valence-corrected chi connectivity index (χ4v) is 1.75. The van der Waals surface area contributed by atoms with E-state index in [0.717, 1.165) is 5.56 Å². The molecule has 1 heterocycles. The standard InChI is InChI=1S/C17H20N2O4/c1-5-22-15(20)13-10-14(23-19-13)11-6-8-12(9-7-11)18-16(21)17(2,3)4/h6-10H,5H2,1-4H3,(H,18,21). The zero-order valence-electron chi connectivity index (χ0n) is 13.7. The Hall–Kier alpha value is -2.63. The fourth-order valence-electron chi connectivity index (χ4n) is 1.75. The van der Waals surface area contributed by atoms with E-state index in [0.29, 0.717) is 11.4 Å². The Morgan fingerprint density at radius 1 is 1.22 bits per heavy atom. The van der Waals surface area contributed by atoms with Crippen LogP contribution in [0.3, 0.4) is 0 Å². The van der Waals surface area contributed by atoms with Crippen LogP contribution < -0.4 is 5.32 Å². The van der Waals surface area contributed by atoms with E-state index >= 15 is 0 Å². The normalized spacial score (nSPS) is 11.1. The second-order valence-corrected chi connectivity index (χ2v) is 6.08. The van der Waals surface area contributed by atoms with Crippen LogP contribution in [0.1, 0.15) is 38.2 Å². The molecule has 0 saturated carbocycles. The molecule has 0 saturated heterocycles. The number of rotatable bonds is 4. The number of esters is 1. The van der Waals surface area contributed by atoms with Crippen LogP contribution in [0.4, 0.5) is 5.69 Å². The Bertz CT molecular complexity index is 696. The SMILES string of the molecule is CCOC(=O)c1cc(-c2ccc(NC(=O)C(C)(C)C)cc2)on1. The van der Waals surface area contributed by atoms with Crippen molar-refractivity contribution in [2.75, 3.05) is 11.9 Å². The van der Waals surface area contributed by atoms with Crippen LogP contribution in [0, 0.1) is 5.41 Å². The van der Waals surface area contributed by atoms with Crippen molar-refractivity contribution in [2.45, 2.75) is 27.7 Å². The third-order valence-corrected chi connectivity index (χ3v) is 3.10. The number of carbonyl (C=O) groups is 2. The van der Waals surface area contributed by atoms with Crippen LogP contribution in [0.5, 0.6) is 0 Å². The predicted octanol–water partition coefficient (Wildman–Crippen LogP) is 3.50. The van der Waals surface area contributed by atoms with E-state index in [-0.39, 0.29) is 18.2 Å². The van der Waals surface area contributed by atoms with Crippen LogP contribution in [0.2, 0.25) is 0 Å². The number of anilines is 1. The van der Waals surface area contributed by atoms with E-state index in [2.05, 4.69) is 10.5 Å². The Balaban J connectivity index is 2.11.